The molecule has 4 heteroatoms. The van der Waals surface area contributed by atoms with Gasteiger partial charge in [0, 0.05) is 11.8 Å². The predicted molar refractivity (Wildman–Crippen MR) is 117 cm³/mol. The van der Waals surface area contributed by atoms with Gasteiger partial charge in [-0.05, 0) is 75.0 Å². The molecule has 0 aromatic heterocycles. The Hall–Kier alpha value is -0.220. The molecule has 4 rings (SSSR count). The summed E-state index contributed by atoms with van der Waals surface area (Å²) >= 11 is 0. The summed E-state index contributed by atoms with van der Waals surface area (Å²) in [4.78, 5) is 0. The van der Waals surface area contributed by atoms with Gasteiger partial charge in [-0.15, -0.1) is 0 Å². The Labute approximate surface area is 182 Å². The summed E-state index contributed by atoms with van der Waals surface area (Å²) in [5.41, 5.74) is 0. The number of ether oxygens (including phenoxy) is 1. The van der Waals surface area contributed by atoms with E-state index < -0.39 is 24.4 Å². The Balaban J connectivity index is 1.19. The zero-order valence-corrected chi connectivity index (χ0v) is 19.0. The number of rotatable bonds is 8. The van der Waals surface area contributed by atoms with Crippen molar-refractivity contribution in [2.24, 2.45) is 35.5 Å². The van der Waals surface area contributed by atoms with Crippen LogP contribution >= 0.6 is 0 Å². The molecular weight excluding hydrogens is 382 g/mol. The zero-order chi connectivity index (χ0) is 21.1. The molecule has 0 bridgehead atoms. The van der Waals surface area contributed by atoms with Crippen molar-refractivity contribution in [2.45, 2.75) is 121 Å². The highest BCUT2D eigenvalue weighted by atomic mass is 19.2. The van der Waals surface area contributed by atoms with E-state index in [1.807, 2.05) is 0 Å². The monoisotopic (exact) mass is 426 g/mol. The van der Waals surface area contributed by atoms with Gasteiger partial charge in [-0.3, -0.25) is 0 Å². The van der Waals surface area contributed by atoms with Gasteiger partial charge in [0.2, 0.25) is 0 Å². The molecule has 0 amide bonds. The quantitative estimate of drug-likeness (QED) is 0.348. The summed E-state index contributed by atoms with van der Waals surface area (Å²) in [6.07, 6.45) is 13.0. The van der Waals surface area contributed by atoms with Crippen LogP contribution in [0, 0.1) is 35.5 Å². The second-order valence-corrected chi connectivity index (χ2v) is 11.1. The molecular formula is C26H44F2O2. The minimum atomic E-state index is -1.52. The van der Waals surface area contributed by atoms with Gasteiger partial charge in [0.15, 0.2) is 0 Å². The summed E-state index contributed by atoms with van der Waals surface area (Å²) < 4.78 is 34.6. The van der Waals surface area contributed by atoms with E-state index in [4.69, 9.17) is 4.74 Å². The predicted octanol–water partition coefficient (Wildman–Crippen LogP) is 6.64. The summed E-state index contributed by atoms with van der Waals surface area (Å²) in [5, 5.41) is 10.9. The highest BCUT2D eigenvalue weighted by molar-refractivity contribution is 4.98. The minimum Gasteiger partial charge on any atom is -0.392 e. The molecule has 3 aliphatic carbocycles. The Morgan fingerprint density at radius 2 is 1.47 bits per heavy atom. The van der Waals surface area contributed by atoms with Crippen molar-refractivity contribution in [3.63, 3.8) is 0 Å². The van der Waals surface area contributed by atoms with Crippen LogP contribution in [0.2, 0.25) is 0 Å². The summed E-state index contributed by atoms with van der Waals surface area (Å²) in [6, 6.07) is 0. The van der Waals surface area contributed by atoms with E-state index >= 15 is 0 Å². The van der Waals surface area contributed by atoms with Gasteiger partial charge in [-0.1, -0.05) is 45.4 Å². The first-order valence-corrected chi connectivity index (χ1v) is 13.2. The molecule has 2 nitrogen and oxygen atoms in total. The normalized spacial score (nSPS) is 45.8. The molecule has 1 heterocycles. The smallest absolute Gasteiger partial charge is 0.137 e. The Bertz CT molecular complexity index is 509. The van der Waals surface area contributed by atoms with Gasteiger partial charge in [0.1, 0.15) is 12.3 Å². The molecule has 4 fully saturated rings. The van der Waals surface area contributed by atoms with Crippen LogP contribution in [-0.4, -0.2) is 36.3 Å². The lowest BCUT2D eigenvalue weighted by Crippen LogP contribution is -2.47. The molecule has 1 aliphatic heterocycles. The van der Waals surface area contributed by atoms with Crippen molar-refractivity contribution >= 4 is 0 Å². The molecule has 174 valence electrons. The van der Waals surface area contributed by atoms with Crippen molar-refractivity contribution in [2.75, 3.05) is 6.61 Å². The van der Waals surface area contributed by atoms with Gasteiger partial charge >= 0.3 is 0 Å². The second-order valence-electron chi connectivity index (χ2n) is 11.1. The van der Waals surface area contributed by atoms with Gasteiger partial charge in [-0.2, -0.15) is 0 Å². The molecule has 30 heavy (non-hydrogen) atoms. The SMILES string of the molecule is CCCCCC1CCC(C2CCC(C(O)C3CCC(C4CO4)C(F)C3F)CC2)CC1. The van der Waals surface area contributed by atoms with Gasteiger partial charge in [-0.25, -0.2) is 8.78 Å². The van der Waals surface area contributed by atoms with Crippen molar-refractivity contribution in [3.8, 4) is 0 Å². The number of alkyl halides is 2. The average Bonchev–Trinajstić information content (AvgIpc) is 3.61. The molecule has 3 saturated carbocycles. The summed E-state index contributed by atoms with van der Waals surface area (Å²) in [6.45, 7) is 2.86. The number of unbranched alkanes of at least 4 members (excludes halogenated alkanes) is 2. The van der Waals surface area contributed by atoms with Crippen LogP contribution in [0.1, 0.15) is 96.8 Å². The molecule has 0 spiro atoms. The summed E-state index contributed by atoms with van der Waals surface area (Å²) in [7, 11) is 0. The lowest BCUT2D eigenvalue weighted by atomic mass is 9.65. The Morgan fingerprint density at radius 1 is 0.833 bits per heavy atom. The van der Waals surface area contributed by atoms with Crippen LogP contribution in [-0.2, 0) is 4.74 Å². The molecule has 6 atom stereocenters. The van der Waals surface area contributed by atoms with Gasteiger partial charge in [0.25, 0.3) is 0 Å². The first-order valence-electron chi connectivity index (χ1n) is 13.2. The van der Waals surface area contributed by atoms with Crippen LogP contribution in [0.25, 0.3) is 0 Å². The highest BCUT2D eigenvalue weighted by Gasteiger charge is 2.50. The number of hydrogen-bond donors (Lipinski definition) is 1. The lowest BCUT2D eigenvalue weighted by molar-refractivity contribution is -0.0688. The van der Waals surface area contributed by atoms with E-state index in [0.717, 1.165) is 30.6 Å². The Kier molecular flexibility index (Phi) is 8.11. The molecule has 1 N–H and O–H groups in total. The average molecular weight is 427 g/mol. The second kappa shape index (κ2) is 10.6. The van der Waals surface area contributed by atoms with Crippen LogP contribution in [0.3, 0.4) is 0 Å². The number of aliphatic hydroxyl groups is 1. The van der Waals surface area contributed by atoms with Crippen molar-refractivity contribution in [1.29, 1.82) is 0 Å². The van der Waals surface area contributed by atoms with Gasteiger partial charge < -0.3 is 9.84 Å². The van der Waals surface area contributed by atoms with Gasteiger partial charge in [0.05, 0.1) is 18.8 Å². The number of epoxide rings is 1. The first kappa shape index (κ1) is 23.0. The molecule has 4 aliphatic rings. The summed E-state index contributed by atoms with van der Waals surface area (Å²) in [5.74, 6) is 1.96. The fourth-order valence-corrected chi connectivity index (χ4v) is 7.17. The fourth-order valence-electron chi connectivity index (χ4n) is 7.17. The molecule has 1 saturated heterocycles. The maximum atomic E-state index is 14.8. The lowest BCUT2D eigenvalue weighted by Gasteiger charge is -2.42. The first-order chi connectivity index (χ1) is 14.6. The van der Waals surface area contributed by atoms with Crippen molar-refractivity contribution in [1.82, 2.24) is 0 Å². The topological polar surface area (TPSA) is 32.8 Å². The standard InChI is InChI=1S/C26H44F2O2/c1-2-3-4-5-17-6-8-18(9-7-17)19-10-12-20(13-11-19)26(29)22-15-14-21(23-16-30-23)24(27)25(22)28/h17-26,29H,2-16H2,1H3. The molecule has 0 aromatic rings. The fraction of sp³-hybridized carbons (Fsp3) is 1.00. The van der Waals surface area contributed by atoms with Crippen molar-refractivity contribution < 1.29 is 18.6 Å². The third-order valence-corrected chi connectivity index (χ3v) is 9.30. The molecule has 0 radical (unpaired) electrons. The van der Waals surface area contributed by atoms with Crippen LogP contribution in [0.5, 0.6) is 0 Å². The number of aliphatic hydroxyl groups excluding tert-OH is 1. The van der Waals surface area contributed by atoms with E-state index in [1.165, 1.54) is 64.2 Å². The van der Waals surface area contributed by atoms with E-state index in [0.29, 0.717) is 19.4 Å². The maximum Gasteiger partial charge on any atom is 0.137 e. The Morgan fingerprint density at radius 3 is 2.07 bits per heavy atom. The van der Waals surface area contributed by atoms with E-state index in [9.17, 15) is 13.9 Å². The maximum absolute atomic E-state index is 14.8. The van der Waals surface area contributed by atoms with Crippen molar-refractivity contribution in [3.05, 3.63) is 0 Å². The van der Waals surface area contributed by atoms with Crippen LogP contribution in [0.4, 0.5) is 8.78 Å². The minimum absolute atomic E-state index is 0.0754. The zero-order valence-electron chi connectivity index (χ0n) is 19.0. The third kappa shape index (κ3) is 5.39. The number of halogens is 2. The number of hydrogen-bond acceptors (Lipinski definition) is 2. The van der Waals surface area contributed by atoms with Crippen LogP contribution < -0.4 is 0 Å². The van der Waals surface area contributed by atoms with E-state index in [-0.39, 0.29) is 17.9 Å². The molecule has 0 aromatic carbocycles. The largest absolute Gasteiger partial charge is 0.392 e. The molecule has 6 unspecified atom stereocenters. The highest BCUT2D eigenvalue weighted by Crippen LogP contribution is 2.46. The van der Waals surface area contributed by atoms with E-state index in [2.05, 4.69) is 6.92 Å². The third-order valence-electron chi connectivity index (χ3n) is 9.30. The van der Waals surface area contributed by atoms with E-state index in [1.54, 1.807) is 0 Å². The van der Waals surface area contributed by atoms with Crippen LogP contribution in [0.15, 0.2) is 0 Å².